The van der Waals surface area contributed by atoms with Crippen molar-refractivity contribution in [3.05, 3.63) is 54.1 Å². The number of amides is 1. The van der Waals surface area contributed by atoms with Gasteiger partial charge in [-0.1, -0.05) is 30.3 Å². The Balaban J connectivity index is 1.93. The van der Waals surface area contributed by atoms with Gasteiger partial charge >= 0.3 is 0 Å². The minimum absolute atomic E-state index is 0.0368. The molecule has 0 aliphatic carbocycles. The first-order chi connectivity index (χ1) is 11.9. The van der Waals surface area contributed by atoms with E-state index >= 15 is 0 Å². The fourth-order valence-electron chi connectivity index (χ4n) is 3.26. The van der Waals surface area contributed by atoms with Crippen LogP contribution < -0.4 is 5.73 Å². The van der Waals surface area contributed by atoms with Gasteiger partial charge in [-0.2, -0.15) is 0 Å². The van der Waals surface area contributed by atoms with Crippen LogP contribution in [0.15, 0.2) is 58.3 Å². The summed E-state index contributed by atoms with van der Waals surface area (Å²) in [4.78, 5) is 13.0. The Hall–Kier alpha value is -2.38. The number of phenols is 1. The molecule has 0 saturated carbocycles. The van der Waals surface area contributed by atoms with E-state index in [0.29, 0.717) is 18.7 Å². The zero-order valence-corrected chi connectivity index (χ0v) is 14.4. The number of hydrogen-bond acceptors (Lipinski definition) is 5. The van der Waals surface area contributed by atoms with Gasteiger partial charge in [-0.15, -0.1) is 0 Å². The molecule has 0 bridgehead atoms. The van der Waals surface area contributed by atoms with Crippen LogP contribution in [0.3, 0.4) is 0 Å². The zero-order chi connectivity index (χ0) is 18.0. The highest BCUT2D eigenvalue weighted by Crippen LogP contribution is 2.38. The lowest BCUT2D eigenvalue weighted by molar-refractivity contribution is -0.118. The van der Waals surface area contributed by atoms with E-state index in [4.69, 9.17) is 5.73 Å². The minimum Gasteiger partial charge on any atom is -0.506 e. The molecule has 1 aliphatic heterocycles. The second-order valence-corrected chi connectivity index (χ2v) is 8.12. The second kappa shape index (κ2) is 6.85. The normalized spacial score (nSPS) is 18.3. The van der Waals surface area contributed by atoms with Gasteiger partial charge in [0.15, 0.2) is 0 Å². The molecule has 1 heterocycles. The van der Waals surface area contributed by atoms with Crippen LogP contribution in [0.4, 0.5) is 0 Å². The summed E-state index contributed by atoms with van der Waals surface area (Å²) < 4.78 is 25.6. The molecule has 132 valence electrons. The molecule has 3 N–H and O–H groups in total. The molecule has 7 heteroatoms. The maximum Gasteiger partial charge on any atom is 0.231 e. The standard InChI is InChI=1S/C18H20N2O4S/c19-17(21)12-20-10-9-13(11-20)15-7-4-8-16(18(15)22)25(23,24)14-5-2-1-3-6-14/h1-8,13,22H,9-12H2,(H2,19,21). The summed E-state index contributed by atoms with van der Waals surface area (Å²) in [5.74, 6) is -0.646. The molecule has 1 aliphatic rings. The van der Waals surface area contributed by atoms with Gasteiger partial charge in [0.05, 0.1) is 11.4 Å². The molecular weight excluding hydrogens is 340 g/mol. The van der Waals surface area contributed by atoms with Crippen LogP contribution in [0, 0.1) is 0 Å². The summed E-state index contributed by atoms with van der Waals surface area (Å²) in [7, 11) is -3.79. The summed E-state index contributed by atoms with van der Waals surface area (Å²) in [5.41, 5.74) is 5.81. The number of phenolic OH excluding ortho intramolecular Hbond substituents is 1. The van der Waals surface area contributed by atoms with Crippen LogP contribution in [0.25, 0.3) is 0 Å². The number of carbonyl (C=O) groups is 1. The maximum atomic E-state index is 12.8. The predicted molar refractivity (Wildman–Crippen MR) is 93.0 cm³/mol. The third-order valence-electron chi connectivity index (χ3n) is 4.46. The van der Waals surface area contributed by atoms with Crippen molar-refractivity contribution in [1.29, 1.82) is 0 Å². The highest BCUT2D eigenvalue weighted by molar-refractivity contribution is 7.91. The molecule has 1 saturated heterocycles. The van der Waals surface area contributed by atoms with Gasteiger partial charge in [-0.3, -0.25) is 9.69 Å². The lowest BCUT2D eigenvalue weighted by Crippen LogP contribution is -2.31. The number of primary amides is 1. The number of hydrogen-bond donors (Lipinski definition) is 2. The largest absolute Gasteiger partial charge is 0.506 e. The molecule has 0 aromatic heterocycles. The van der Waals surface area contributed by atoms with Gasteiger partial charge in [-0.25, -0.2) is 8.42 Å². The van der Waals surface area contributed by atoms with Crippen molar-refractivity contribution in [2.24, 2.45) is 5.73 Å². The van der Waals surface area contributed by atoms with Crippen LogP contribution in [0.5, 0.6) is 5.75 Å². The quantitative estimate of drug-likeness (QED) is 0.841. The van der Waals surface area contributed by atoms with Crippen molar-refractivity contribution in [3.63, 3.8) is 0 Å². The fraction of sp³-hybridized carbons (Fsp3) is 0.278. The SMILES string of the molecule is NC(=O)CN1CCC(c2cccc(S(=O)(=O)c3ccccc3)c2O)C1. The van der Waals surface area contributed by atoms with Gasteiger partial charge in [0.2, 0.25) is 15.7 Å². The number of likely N-dealkylation sites (tertiary alicyclic amines) is 1. The maximum absolute atomic E-state index is 12.8. The van der Waals surface area contributed by atoms with Crippen molar-refractivity contribution in [3.8, 4) is 5.75 Å². The van der Waals surface area contributed by atoms with Crippen LogP contribution in [0.2, 0.25) is 0 Å². The van der Waals surface area contributed by atoms with E-state index < -0.39 is 15.7 Å². The van der Waals surface area contributed by atoms with Crippen molar-refractivity contribution < 1.29 is 18.3 Å². The topological polar surface area (TPSA) is 101 Å². The van der Waals surface area contributed by atoms with E-state index in [-0.39, 0.29) is 28.0 Å². The third-order valence-corrected chi connectivity index (χ3v) is 6.27. The smallest absolute Gasteiger partial charge is 0.231 e. The molecule has 1 atom stereocenters. The average molecular weight is 360 g/mol. The summed E-state index contributed by atoms with van der Waals surface area (Å²) >= 11 is 0. The number of benzene rings is 2. The molecule has 0 spiro atoms. The van der Waals surface area contributed by atoms with E-state index in [1.807, 2.05) is 4.90 Å². The highest BCUT2D eigenvalue weighted by atomic mass is 32.2. The molecule has 3 rings (SSSR count). The van der Waals surface area contributed by atoms with E-state index in [2.05, 4.69) is 0 Å². The third kappa shape index (κ3) is 3.52. The fourth-order valence-corrected chi connectivity index (χ4v) is 4.66. The minimum atomic E-state index is -3.79. The monoisotopic (exact) mass is 360 g/mol. The number of sulfone groups is 1. The van der Waals surface area contributed by atoms with Gasteiger partial charge in [0.25, 0.3) is 0 Å². The molecule has 2 aromatic carbocycles. The molecule has 25 heavy (non-hydrogen) atoms. The molecular formula is C18H20N2O4S. The van der Waals surface area contributed by atoms with Crippen LogP contribution >= 0.6 is 0 Å². The Morgan fingerprint density at radius 1 is 1.16 bits per heavy atom. The molecule has 0 radical (unpaired) electrons. The summed E-state index contributed by atoms with van der Waals surface area (Å²) in [5, 5.41) is 10.6. The molecule has 1 fully saturated rings. The van der Waals surface area contributed by atoms with Gasteiger partial charge in [0, 0.05) is 12.5 Å². The molecule has 1 amide bonds. The number of nitrogens with two attached hydrogens (primary N) is 1. The Labute approximate surface area is 146 Å². The van der Waals surface area contributed by atoms with Crippen molar-refractivity contribution in [2.45, 2.75) is 22.1 Å². The van der Waals surface area contributed by atoms with Gasteiger partial charge < -0.3 is 10.8 Å². The average Bonchev–Trinajstić information content (AvgIpc) is 3.03. The molecule has 1 unspecified atom stereocenters. The molecule has 2 aromatic rings. The van der Waals surface area contributed by atoms with E-state index in [1.54, 1.807) is 30.3 Å². The van der Waals surface area contributed by atoms with E-state index in [1.165, 1.54) is 18.2 Å². The molecule has 6 nitrogen and oxygen atoms in total. The predicted octanol–water partition coefficient (Wildman–Crippen LogP) is 1.50. The van der Waals surface area contributed by atoms with E-state index in [0.717, 1.165) is 6.42 Å². The zero-order valence-electron chi connectivity index (χ0n) is 13.6. The lowest BCUT2D eigenvalue weighted by atomic mass is 9.97. The van der Waals surface area contributed by atoms with Crippen molar-refractivity contribution in [1.82, 2.24) is 4.90 Å². The van der Waals surface area contributed by atoms with Crippen LogP contribution in [0.1, 0.15) is 17.9 Å². The number of nitrogens with zero attached hydrogens (tertiary/aromatic N) is 1. The first kappa shape index (κ1) is 17.4. The Kier molecular flexibility index (Phi) is 4.78. The first-order valence-corrected chi connectivity index (χ1v) is 9.50. The Morgan fingerprint density at radius 3 is 2.56 bits per heavy atom. The summed E-state index contributed by atoms with van der Waals surface area (Å²) in [6.45, 7) is 1.41. The summed E-state index contributed by atoms with van der Waals surface area (Å²) in [6.07, 6.45) is 0.732. The van der Waals surface area contributed by atoms with Crippen LogP contribution in [-0.4, -0.2) is 44.0 Å². The van der Waals surface area contributed by atoms with Gasteiger partial charge in [-0.05, 0) is 36.7 Å². The number of para-hydroxylation sites is 1. The van der Waals surface area contributed by atoms with Gasteiger partial charge in [0.1, 0.15) is 10.6 Å². The second-order valence-electron chi connectivity index (χ2n) is 6.20. The number of rotatable bonds is 5. The van der Waals surface area contributed by atoms with Crippen LogP contribution in [-0.2, 0) is 14.6 Å². The Bertz CT molecular complexity index is 881. The van der Waals surface area contributed by atoms with Crippen molar-refractivity contribution >= 4 is 15.7 Å². The number of carbonyl (C=O) groups excluding carboxylic acids is 1. The highest BCUT2D eigenvalue weighted by Gasteiger charge is 2.30. The van der Waals surface area contributed by atoms with E-state index in [9.17, 15) is 18.3 Å². The first-order valence-electron chi connectivity index (χ1n) is 8.02. The van der Waals surface area contributed by atoms with Crippen molar-refractivity contribution in [2.75, 3.05) is 19.6 Å². The summed E-state index contributed by atoms with van der Waals surface area (Å²) in [6, 6.07) is 12.8. The Morgan fingerprint density at radius 2 is 1.88 bits per heavy atom. The lowest BCUT2D eigenvalue weighted by Gasteiger charge is -2.16. The number of aromatic hydroxyl groups is 1.